The highest BCUT2D eigenvalue weighted by Gasteiger charge is 2.28. The van der Waals surface area contributed by atoms with E-state index in [4.69, 9.17) is 9.47 Å². The van der Waals surface area contributed by atoms with Gasteiger partial charge in [-0.2, -0.15) is 0 Å². The van der Waals surface area contributed by atoms with Crippen LogP contribution in [-0.4, -0.2) is 50.7 Å². The second kappa shape index (κ2) is 4.80. The molecule has 3 heteroatoms. The molecule has 12 heavy (non-hydrogen) atoms. The van der Waals surface area contributed by atoms with E-state index >= 15 is 0 Å². The Bertz CT molecular complexity index is 122. The molecule has 1 saturated heterocycles. The van der Waals surface area contributed by atoms with E-state index in [1.807, 2.05) is 6.92 Å². The zero-order chi connectivity index (χ0) is 8.86. The minimum Gasteiger partial charge on any atom is -0.370 e. The highest BCUT2D eigenvalue weighted by molar-refractivity contribution is 4.45. The molecule has 1 fully saturated rings. The van der Waals surface area contributed by atoms with Gasteiger partial charge in [-0.25, -0.2) is 0 Å². The predicted octanol–water partition coefficient (Wildman–Crippen LogP) is 0.847. The van der Waals surface area contributed by atoms with Crippen molar-refractivity contribution in [2.75, 3.05) is 46.2 Å². The normalized spacial score (nSPS) is 22.5. The summed E-state index contributed by atoms with van der Waals surface area (Å²) in [5.41, 5.74) is 0. The molecule has 0 aliphatic carbocycles. The van der Waals surface area contributed by atoms with Gasteiger partial charge in [0.05, 0.1) is 19.8 Å². The first-order valence-corrected chi connectivity index (χ1v) is 4.83. The Morgan fingerprint density at radius 3 is 2.42 bits per heavy atom. The molecule has 0 bridgehead atoms. The molecule has 0 amide bonds. The first kappa shape index (κ1) is 9.96. The van der Waals surface area contributed by atoms with Gasteiger partial charge >= 0.3 is 0 Å². The van der Waals surface area contributed by atoms with E-state index < -0.39 is 0 Å². The smallest absolute Gasteiger partial charge is 0.183 e. The number of likely N-dealkylation sites (N-methyl/N-ethyl adjacent to an activating group) is 1. The van der Waals surface area contributed by atoms with Crippen LogP contribution in [0.2, 0.25) is 0 Å². The van der Waals surface area contributed by atoms with E-state index in [1.54, 1.807) is 0 Å². The molecule has 0 saturated carbocycles. The Kier molecular flexibility index (Phi) is 3.98. The lowest BCUT2D eigenvalue weighted by atomic mass is 10.3. The lowest BCUT2D eigenvalue weighted by molar-refractivity contribution is -0.950. The van der Waals surface area contributed by atoms with Crippen LogP contribution in [0.15, 0.2) is 0 Å². The zero-order valence-electron chi connectivity index (χ0n) is 8.21. The Labute approximate surface area is 74.8 Å². The molecule has 72 valence electrons. The number of morpholine rings is 1. The summed E-state index contributed by atoms with van der Waals surface area (Å²) in [5.74, 6) is 0. The molecule has 1 aliphatic heterocycles. The summed E-state index contributed by atoms with van der Waals surface area (Å²) in [6, 6.07) is 0. The van der Waals surface area contributed by atoms with Crippen molar-refractivity contribution in [3.63, 3.8) is 0 Å². The van der Waals surface area contributed by atoms with Crippen molar-refractivity contribution in [3.8, 4) is 0 Å². The summed E-state index contributed by atoms with van der Waals surface area (Å²) < 4.78 is 11.9. The van der Waals surface area contributed by atoms with Crippen molar-refractivity contribution >= 4 is 0 Å². The monoisotopic (exact) mass is 174 g/mol. The molecule has 0 atom stereocenters. The summed E-state index contributed by atoms with van der Waals surface area (Å²) >= 11 is 0. The number of ether oxygens (including phenoxy) is 2. The summed E-state index contributed by atoms with van der Waals surface area (Å²) in [4.78, 5) is 0. The van der Waals surface area contributed by atoms with Gasteiger partial charge in [-0.1, -0.05) is 0 Å². The Balaban J connectivity index is 2.37. The second-order valence-electron chi connectivity index (χ2n) is 3.34. The molecule has 0 aromatic carbocycles. The molecular weight excluding hydrogens is 154 g/mol. The average molecular weight is 174 g/mol. The van der Waals surface area contributed by atoms with Gasteiger partial charge in [-0.05, 0) is 13.8 Å². The Morgan fingerprint density at radius 2 is 1.92 bits per heavy atom. The molecule has 0 aromatic rings. The number of hydrogen-bond donors (Lipinski definition) is 0. The standard InChI is InChI=1S/C9H20NO2/c1-3-10(9-11-4-2)5-7-12-8-6-10/h3-9H2,1-2H3/q+1. The van der Waals surface area contributed by atoms with E-state index in [9.17, 15) is 0 Å². The molecule has 1 aliphatic rings. The lowest BCUT2D eigenvalue weighted by Crippen LogP contribution is -2.55. The summed E-state index contributed by atoms with van der Waals surface area (Å²) in [6.07, 6.45) is 0. The maximum atomic E-state index is 5.48. The topological polar surface area (TPSA) is 18.5 Å². The molecule has 0 radical (unpaired) electrons. The van der Waals surface area contributed by atoms with Crippen LogP contribution in [0, 0.1) is 0 Å². The predicted molar refractivity (Wildman–Crippen MR) is 47.8 cm³/mol. The zero-order valence-corrected chi connectivity index (χ0v) is 8.21. The van der Waals surface area contributed by atoms with Crippen LogP contribution in [0.3, 0.4) is 0 Å². The minimum absolute atomic E-state index is 0.820. The second-order valence-corrected chi connectivity index (χ2v) is 3.34. The average Bonchev–Trinajstić information content (AvgIpc) is 2.16. The van der Waals surface area contributed by atoms with Gasteiger partial charge in [0, 0.05) is 6.61 Å². The van der Waals surface area contributed by atoms with Gasteiger partial charge < -0.3 is 9.47 Å². The summed E-state index contributed by atoms with van der Waals surface area (Å²) in [6.45, 7) is 11.1. The van der Waals surface area contributed by atoms with Crippen molar-refractivity contribution in [1.82, 2.24) is 0 Å². The third kappa shape index (κ3) is 2.44. The van der Waals surface area contributed by atoms with Gasteiger partial charge in [0.25, 0.3) is 0 Å². The van der Waals surface area contributed by atoms with Crippen molar-refractivity contribution in [2.45, 2.75) is 13.8 Å². The maximum Gasteiger partial charge on any atom is 0.183 e. The highest BCUT2D eigenvalue weighted by Crippen LogP contribution is 2.10. The summed E-state index contributed by atoms with van der Waals surface area (Å²) in [5, 5.41) is 0. The third-order valence-corrected chi connectivity index (χ3v) is 2.66. The van der Waals surface area contributed by atoms with Gasteiger partial charge in [0.15, 0.2) is 6.73 Å². The van der Waals surface area contributed by atoms with Crippen LogP contribution in [0.5, 0.6) is 0 Å². The quantitative estimate of drug-likeness (QED) is 0.588. The lowest BCUT2D eigenvalue weighted by Gasteiger charge is -2.39. The summed E-state index contributed by atoms with van der Waals surface area (Å²) in [7, 11) is 0. The Hall–Kier alpha value is -0.120. The minimum atomic E-state index is 0.820. The fourth-order valence-corrected chi connectivity index (χ4v) is 1.55. The fraction of sp³-hybridized carbons (Fsp3) is 1.00. The van der Waals surface area contributed by atoms with Crippen molar-refractivity contribution in [3.05, 3.63) is 0 Å². The van der Waals surface area contributed by atoms with E-state index in [1.165, 1.54) is 0 Å². The van der Waals surface area contributed by atoms with Gasteiger partial charge in [0.2, 0.25) is 0 Å². The van der Waals surface area contributed by atoms with Crippen LogP contribution in [0.1, 0.15) is 13.8 Å². The van der Waals surface area contributed by atoms with E-state index in [2.05, 4.69) is 6.92 Å². The van der Waals surface area contributed by atoms with Crippen LogP contribution in [0.25, 0.3) is 0 Å². The highest BCUT2D eigenvalue weighted by atomic mass is 16.5. The fourth-order valence-electron chi connectivity index (χ4n) is 1.55. The maximum absolute atomic E-state index is 5.48. The van der Waals surface area contributed by atoms with Crippen LogP contribution in [0.4, 0.5) is 0 Å². The van der Waals surface area contributed by atoms with Crippen LogP contribution >= 0.6 is 0 Å². The molecule has 0 aromatic heterocycles. The number of quaternary nitrogens is 1. The number of nitrogens with zero attached hydrogens (tertiary/aromatic N) is 1. The van der Waals surface area contributed by atoms with Crippen molar-refractivity contribution in [2.24, 2.45) is 0 Å². The van der Waals surface area contributed by atoms with E-state index in [0.29, 0.717) is 0 Å². The van der Waals surface area contributed by atoms with Crippen LogP contribution < -0.4 is 0 Å². The largest absolute Gasteiger partial charge is 0.370 e. The van der Waals surface area contributed by atoms with Crippen molar-refractivity contribution in [1.29, 1.82) is 0 Å². The van der Waals surface area contributed by atoms with E-state index in [0.717, 1.165) is 50.7 Å². The number of rotatable bonds is 4. The Morgan fingerprint density at radius 1 is 1.25 bits per heavy atom. The molecule has 3 nitrogen and oxygen atoms in total. The number of hydrogen-bond acceptors (Lipinski definition) is 2. The van der Waals surface area contributed by atoms with Crippen molar-refractivity contribution < 1.29 is 14.0 Å². The van der Waals surface area contributed by atoms with Gasteiger partial charge in [0.1, 0.15) is 13.1 Å². The molecule has 0 N–H and O–H groups in total. The van der Waals surface area contributed by atoms with Crippen LogP contribution in [-0.2, 0) is 9.47 Å². The first-order chi connectivity index (χ1) is 5.83. The SMILES string of the molecule is CCOC[N+]1(CC)CCOCC1. The first-order valence-electron chi connectivity index (χ1n) is 4.83. The molecule has 1 rings (SSSR count). The van der Waals surface area contributed by atoms with Gasteiger partial charge in [-0.3, -0.25) is 4.48 Å². The van der Waals surface area contributed by atoms with Gasteiger partial charge in [-0.15, -0.1) is 0 Å². The molecule has 0 unspecified atom stereocenters. The molecule has 1 heterocycles. The molecule has 0 spiro atoms. The molecular formula is C9H20NO2+. The van der Waals surface area contributed by atoms with E-state index in [-0.39, 0.29) is 0 Å². The third-order valence-electron chi connectivity index (χ3n) is 2.66.